The smallest absolute Gasteiger partial charge is 0.443 e. The highest BCUT2D eigenvalue weighted by Crippen LogP contribution is 2.36. The topological polar surface area (TPSA) is 49.7 Å². The van der Waals surface area contributed by atoms with E-state index in [-0.39, 0.29) is 6.09 Å². The van der Waals surface area contributed by atoms with Crippen LogP contribution in [0.4, 0.5) is 4.79 Å². The van der Waals surface area contributed by atoms with E-state index in [0.29, 0.717) is 0 Å². The highest BCUT2D eigenvalue weighted by atomic mass is 28.3. The highest BCUT2D eigenvalue weighted by Gasteiger charge is 2.51. The molecule has 0 unspecified atom stereocenters. The van der Waals surface area contributed by atoms with Gasteiger partial charge >= 0.3 is 13.2 Å². The molecule has 158 valence electrons. The molecule has 0 bridgehead atoms. The van der Waals surface area contributed by atoms with Crippen molar-refractivity contribution in [2.75, 3.05) is 0 Å². The van der Waals surface area contributed by atoms with Crippen molar-refractivity contribution >= 4 is 43.0 Å². The highest BCUT2D eigenvalue weighted by molar-refractivity contribution is 6.88. The van der Waals surface area contributed by atoms with Gasteiger partial charge in [0.25, 0.3) is 0 Å². The van der Waals surface area contributed by atoms with Crippen molar-refractivity contribution in [1.82, 2.24) is 4.57 Å². The van der Waals surface area contributed by atoms with Gasteiger partial charge in [-0.2, -0.15) is 0 Å². The summed E-state index contributed by atoms with van der Waals surface area (Å²) in [5.41, 5.74) is 0.487. The molecule has 1 aromatic heterocycles. The number of carbonyl (C=O) groups is 1. The lowest BCUT2D eigenvalue weighted by molar-refractivity contribution is 0.00578. The fourth-order valence-corrected chi connectivity index (χ4v) is 4.89. The molecule has 0 atom stereocenters. The molecule has 3 rings (SSSR count). The Labute approximate surface area is 175 Å². The van der Waals surface area contributed by atoms with E-state index in [0.717, 1.165) is 21.7 Å². The first-order valence-electron chi connectivity index (χ1n) is 10.3. The van der Waals surface area contributed by atoms with E-state index in [4.69, 9.17) is 14.0 Å². The summed E-state index contributed by atoms with van der Waals surface area (Å²) < 4.78 is 19.9. The second-order valence-electron chi connectivity index (χ2n) is 11.0. The van der Waals surface area contributed by atoms with Gasteiger partial charge in [0.05, 0.1) is 24.8 Å². The first kappa shape index (κ1) is 22.1. The van der Waals surface area contributed by atoms with E-state index in [1.807, 2.05) is 60.6 Å². The predicted molar refractivity (Wildman–Crippen MR) is 122 cm³/mol. The Kier molecular flexibility index (Phi) is 5.13. The fraction of sp³-hybridized carbons (Fsp3) is 0.591. The van der Waals surface area contributed by atoms with Crippen LogP contribution in [0.15, 0.2) is 24.3 Å². The summed E-state index contributed by atoms with van der Waals surface area (Å²) in [5.74, 6) is 0. The van der Waals surface area contributed by atoms with Gasteiger partial charge in [-0.05, 0) is 71.4 Å². The summed E-state index contributed by atoms with van der Waals surface area (Å²) in [6.07, 6.45) is -0.326. The van der Waals surface area contributed by atoms with E-state index in [1.54, 1.807) is 4.57 Å². The van der Waals surface area contributed by atoms with Crippen LogP contribution in [0.5, 0.6) is 0 Å². The lowest BCUT2D eigenvalue weighted by Gasteiger charge is -2.32. The van der Waals surface area contributed by atoms with Crippen LogP contribution in [0.3, 0.4) is 0 Å². The quantitative estimate of drug-likeness (QED) is 0.688. The Morgan fingerprint density at radius 3 is 2.07 bits per heavy atom. The molecule has 1 saturated heterocycles. The minimum atomic E-state index is -1.79. The minimum absolute atomic E-state index is 0.326. The molecular weight excluding hydrogens is 381 g/mol. The van der Waals surface area contributed by atoms with Gasteiger partial charge in [0, 0.05) is 5.32 Å². The Morgan fingerprint density at radius 2 is 1.59 bits per heavy atom. The SMILES string of the molecule is CC(C)(C)OC(=O)n1c([Si](C)(C)C)cc2cc(B3OC(C)(C)C(C)(C)O3)ccc21. The molecule has 0 spiro atoms. The van der Waals surface area contributed by atoms with Crippen molar-refractivity contribution in [1.29, 1.82) is 0 Å². The maximum absolute atomic E-state index is 13.0. The van der Waals surface area contributed by atoms with Crippen LogP contribution >= 0.6 is 0 Å². The van der Waals surface area contributed by atoms with Crippen LogP contribution in [-0.2, 0) is 14.0 Å². The third-order valence-electron chi connectivity index (χ3n) is 5.70. The minimum Gasteiger partial charge on any atom is -0.443 e. The number of hydrogen-bond acceptors (Lipinski definition) is 4. The zero-order chi connectivity index (χ0) is 22.0. The van der Waals surface area contributed by atoms with Crippen LogP contribution in [0.1, 0.15) is 48.5 Å². The molecule has 7 heteroatoms. The van der Waals surface area contributed by atoms with Crippen LogP contribution in [-0.4, -0.2) is 42.7 Å². The molecule has 0 saturated carbocycles. The normalized spacial score (nSPS) is 19.0. The summed E-state index contributed by atoms with van der Waals surface area (Å²) in [6, 6.07) is 8.16. The largest absolute Gasteiger partial charge is 0.494 e. The zero-order valence-electron chi connectivity index (χ0n) is 19.5. The lowest BCUT2D eigenvalue weighted by atomic mass is 9.79. The average molecular weight is 415 g/mol. The monoisotopic (exact) mass is 415 g/mol. The summed E-state index contributed by atoms with van der Waals surface area (Å²) in [4.78, 5) is 13.0. The molecule has 29 heavy (non-hydrogen) atoms. The summed E-state index contributed by atoms with van der Waals surface area (Å²) in [5, 5.41) is 2.05. The molecule has 1 fully saturated rings. The van der Waals surface area contributed by atoms with Gasteiger partial charge in [-0.1, -0.05) is 31.8 Å². The molecule has 5 nitrogen and oxygen atoms in total. The second-order valence-corrected chi connectivity index (χ2v) is 16.0. The molecular formula is C22H34BNO4Si. The number of hydrogen-bond donors (Lipinski definition) is 0. The summed E-state index contributed by atoms with van der Waals surface area (Å²) >= 11 is 0. The third kappa shape index (κ3) is 4.18. The molecule has 0 amide bonds. The van der Waals surface area contributed by atoms with E-state index in [2.05, 4.69) is 31.8 Å². The van der Waals surface area contributed by atoms with Gasteiger partial charge in [-0.3, -0.25) is 4.57 Å². The van der Waals surface area contributed by atoms with Crippen molar-refractivity contribution < 1.29 is 18.8 Å². The number of benzene rings is 1. The average Bonchev–Trinajstić information content (AvgIpc) is 2.99. The predicted octanol–water partition coefficient (Wildman–Crippen LogP) is 4.27. The summed E-state index contributed by atoms with van der Waals surface area (Å²) in [6.45, 7) is 20.6. The third-order valence-corrected chi connectivity index (χ3v) is 7.60. The van der Waals surface area contributed by atoms with Crippen LogP contribution in [0.2, 0.25) is 19.6 Å². The van der Waals surface area contributed by atoms with Gasteiger partial charge in [-0.15, -0.1) is 0 Å². The Morgan fingerprint density at radius 1 is 1.03 bits per heavy atom. The maximum atomic E-state index is 13.0. The number of rotatable bonds is 2. The van der Waals surface area contributed by atoms with Crippen LogP contribution in [0.25, 0.3) is 10.9 Å². The number of nitrogens with zero attached hydrogens (tertiary/aromatic N) is 1. The molecule has 1 aliphatic heterocycles. The number of ether oxygens (including phenoxy) is 1. The summed E-state index contributed by atoms with van der Waals surface area (Å²) in [7, 11) is -2.22. The Hall–Kier alpha value is -1.57. The molecule has 0 N–H and O–H groups in total. The van der Waals surface area contributed by atoms with Gasteiger partial charge in [-0.25, -0.2) is 4.79 Å². The number of fused-ring (bicyclic) bond motifs is 1. The van der Waals surface area contributed by atoms with Crippen LogP contribution in [0, 0.1) is 0 Å². The first-order chi connectivity index (χ1) is 13.0. The zero-order valence-corrected chi connectivity index (χ0v) is 20.5. The van der Waals surface area contributed by atoms with Crippen molar-refractivity contribution in [3.05, 3.63) is 24.3 Å². The van der Waals surface area contributed by atoms with Crippen molar-refractivity contribution in [3.8, 4) is 0 Å². The Balaban J connectivity index is 2.08. The van der Waals surface area contributed by atoms with Gasteiger partial charge in [0.2, 0.25) is 0 Å². The molecule has 2 aromatic rings. The van der Waals surface area contributed by atoms with Crippen molar-refractivity contribution in [2.45, 2.75) is 84.9 Å². The fourth-order valence-electron chi connectivity index (χ4n) is 3.42. The number of carbonyl (C=O) groups excluding carboxylic acids is 1. The van der Waals surface area contributed by atoms with Gasteiger partial charge < -0.3 is 14.0 Å². The first-order valence-corrected chi connectivity index (χ1v) is 13.8. The molecule has 0 aliphatic carbocycles. The van der Waals surface area contributed by atoms with E-state index in [9.17, 15) is 4.79 Å². The van der Waals surface area contributed by atoms with Crippen molar-refractivity contribution in [2.24, 2.45) is 0 Å². The molecule has 1 aromatic carbocycles. The van der Waals surface area contributed by atoms with E-state index < -0.39 is 32.0 Å². The van der Waals surface area contributed by atoms with Gasteiger partial charge in [0.15, 0.2) is 0 Å². The molecule has 1 aliphatic rings. The number of aromatic nitrogens is 1. The maximum Gasteiger partial charge on any atom is 0.494 e. The lowest BCUT2D eigenvalue weighted by Crippen LogP contribution is -2.45. The Bertz CT molecular complexity index is 934. The standard InChI is InChI=1S/C22H34BNO4Si/c1-20(2,3)26-19(25)24-17-12-11-16(13-15(17)14-18(24)29(8,9)10)23-27-21(4,5)22(6,7)28-23/h11-14H,1-10H3. The van der Waals surface area contributed by atoms with E-state index >= 15 is 0 Å². The second kappa shape index (κ2) is 6.72. The molecule has 2 heterocycles. The van der Waals surface area contributed by atoms with Gasteiger partial charge in [0.1, 0.15) is 5.60 Å². The van der Waals surface area contributed by atoms with Crippen molar-refractivity contribution in [3.63, 3.8) is 0 Å². The molecule has 0 radical (unpaired) electrons. The van der Waals surface area contributed by atoms with Crippen LogP contribution < -0.4 is 10.8 Å². The van der Waals surface area contributed by atoms with E-state index in [1.165, 1.54) is 0 Å².